The minimum Gasteiger partial charge on any atom is -0.480 e. The van der Waals surface area contributed by atoms with E-state index >= 15 is 0 Å². The lowest BCUT2D eigenvalue weighted by molar-refractivity contribution is -0.136. The van der Waals surface area contributed by atoms with Crippen molar-refractivity contribution in [3.05, 3.63) is 59.1 Å². The molecule has 0 aliphatic carbocycles. The minimum atomic E-state index is -2.46. The van der Waals surface area contributed by atoms with Crippen molar-refractivity contribution in [2.24, 2.45) is 0 Å². The Hall–Kier alpha value is -1.69. The summed E-state index contributed by atoms with van der Waals surface area (Å²) < 4.78 is 20.1. The number of hydrogen-bond donors (Lipinski definition) is 2. The van der Waals surface area contributed by atoms with Crippen molar-refractivity contribution in [1.82, 2.24) is 0 Å². The summed E-state index contributed by atoms with van der Waals surface area (Å²) in [5, 5.41) is 8.14. The molecule has 2 aromatic carbocycles. The molecule has 4 nitrogen and oxygen atoms in total. The van der Waals surface area contributed by atoms with E-state index < -0.39 is 22.3 Å². The zero-order valence-electron chi connectivity index (χ0n) is 10.2. The molecule has 0 aromatic heterocycles. The summed E-state index contributed by atoms with van der Waals surface area (Å²) in [6, 6.07) is 13.7. The molecule has 0 amide bonds. The van der Waals surface area contributed by atoms with Gasteiger partial charge < -0.3 is 9.66 Å². The van der Waals surface area contributed by atoms with E-state index in [1.165, 1.54) is 12.1 Å². The number of hydrogen-bond acceptors (Lipinski definition) is 2. The summed E-state index contributed by atoms with van der Waals surface area (Å²) in [4.78, 5) is 11.0. The molecule has 20 heavy (non-hydrogen) atoms. The average molecular weight is 311 g/mol. The maximum absolute atomic E-state index is 11.0. The van der Waals surface area contributed by atoms with Crippen LogP contribution in [0.2, 0.25) is 5.02 Å². The van der Waals surface area contributed by atoms with Crippen LogP contribution in [0.3, 0.4) is 0 Å². The molecule has 0 aliphatic heterocycles. The fraction of sp³-hybridized carbons (Fsp3) is 0.0714. The van der Waals surface area contributed by atoms with Crippen molar-refractivity contribution < 1.29 is 18.7 Å². The van der Waals surface area contributed by atoms with Crippen molar-refractivity contribution in [2.75, 3.05) is 0 Å². The molecule has 0 aliphatic rings. The zero-order chi connectivity index (χ0) is 14.7. The third kappa shape index (κ3) is 3.25. The molecule has 2 unspecified atom stereocenters. The lowest BCUT2D eigenvalue weighted by Crippen LogP contribution is -2.16. The van der Waals surface area contributed by atoms with E-state index in [4.69, 9.17) is 21.3 Å². The number of rotatable bonds is 4. The summed E-state index contributed by atoms with van der Waals surface area (Å²) in [6.07, 6.45) is 0. The molecule has 0 saturated heterocycles. The fourth-order valence-electron chi connectivity index (χ4n) is 1.84. The Bertz CT molecular complexity index is 623. The Labute approximate surface area is 123 Å². The highest BCUT2D eigenvalue weighted by atomic mass is 35.5. The Morgan fingerprint density at radius 1 is 1.00 bits per heavy atom. The van der Waals surface area contributed by atoms with Gasteiger partial charge in [0.05, 0.1) is 0 Å². The lowest BCUT2D eigenvalue weighted by Gasteiger charge is -2.09. The van der Waals surface area contributed by atoms with Gasteiger partial charge in [-0.1, -0.05) is 48.0 Å². The van der Waals surface area contributed by atoms with Crippen LogP contribution in [-0.4, -0.2) is 19.8 Å². The lowest BCUT2D eigenvalue weighted by atomic mass is 10.0. The molecule has 6 heteroatoms. The van der Waals surface area contributed by atoms with Crippen molar-refractivity contribution >= 4 is 28.7 Å². The van der Waals surface area contributed by atoms with E-state index in [-0.39, 0.29) is 5.56 Å². The van der Waals surface area contributed by atoms with Gasteiger partial charge in [-0.05, 0) is 28.8 Å². The van der Waals surface area contributed by atoms with E-state index in [2.05, 4.69) is 0 Å². The molecule has 2 aromatic rings. The quantitative estimate of drug-likeness (QED) is 0.849. The third-order valence-corrected chi connectivity index (χ3v) is 3.95. The Morgan fingerprint density at radius 2 is 1.45 bits per heavy atom. The maximum Gasteiger partial charge on any atom is 0.326 e. The van der Waals surface area contributed by atoms with Crippen LogP contribution in [-0.2, 0) is 15.9 Å². The molecule has 0 fully saturated rings. The molecular formula is C14H11ClO4S. The van der Waals surface area contributed by atoms with Crippen LogP contribution in [0.4, 0.5) is 0 Å². The van der Waals surface area contributed by atoms with Gasteiger partial charge in [0.2, 0.25) is 0 Å². The van der Waals surface area contributed by atoms with Gasteiger partial charge in [0.1, 0.15) is 0 Å². The number of carboxylic acid groups (broad SMARTS) is 1. The second-order valence-corrected chi connectivity index (χ2v) is 5.58. The first kappa shape index (κ1) is 14.7. The number of benzene rings is 2. The van der Waals surface area contributed by atoms with Gasteiger partial charge in [0, 0.05) is 5.02 Å². The van der Waals surface area contributed by atoms with E-state index in [1.807, 2.05) is 12.1 Å². The third-order valence-electron chi connectivity index (χ3n) is 2.82. The predicted molar refractivity (Wildman–Crippen MR) is 78.0 cm³/mol. The summed E-state index contributed by atoms with van der Waals surface area (Å²) >= 11 is 3.35. The van der Waals surface area contributed by atoms with Gasteiger partial charge in [0.25, 0.3) is 0 Å². The molecule has 0 bridgehead atoms. The Kier molecular flexibility index (Phi) is 4.54. The second kappa shape index (κ2) is 6.17. The molecule has 0 spiro atoms. The second-order valence-electron chi connectivity index (χ2n) is 4.12. The van der Waals surface area contributed by atoms with Gasteiger partial charge in [-0.2, -0.15) is 0 Å². The van der Waals surface area contributed by atoms with Crippen LogP contribution >= 0.6 is 11.6 Å². The SMILES string of the molecule is O=C(O)C(c1ccc(-c2ccc(Cl)cc2)cc1)S(=O)O. The monoisotopic (exact) mass is 310 g/mol. The molecule has 104 valence electrons. The van der Waals surface area contributed by atoms with Crippen molar-refractivity contribution in [3.8, 4) is 11.1 Å². The predicted octanol–water partition coefficient (Wildman–Crippen LogP) is 3.35. The zero-order valence-corrected chi connectivity index (χ0v) is 11.8. The Balaban J connectivity index is 2.32. The number of carbonyl (C=O) groups is 1. The van der Waals surface area contributed by atoms with Crippen LogP contribution in [0.1, 0.15) is 10.8 Å². The first-order chi connectivity index (χ1) is 9.49. The maximum atomic E-state index is 11.0. The fourth-order valence-corrected chi connectivity index (χ4v) is 2.53. The summed E-state index contributed by atoms with van der Waals surface area (Å²) in [5.74, 6) is -1.33. The van der Waals surface area contributed by atoms with Gasteiger partial charge in [-0.15, -0.1) is 0 Å². The van der Waals surface area contributed by atoms with E-state index in [0.717, 1.165) is 11.1 Å². The largest absolute Gasteiger partial charge is 0.480 e. The number of carboxylic acids is 1. The van der Waals surface area contributed by atoms with Gasteiger partial charge in [-0.3, -0.25) is 4.79 Å². The van der Waals surface area contributed by atoms with Crippen LogP contribution < -0.4 is 0 Å². The first-order valence-corrected chi connectivity index (χ1v) is 7.22. The minimum absolute atomic E-state index is 0.288. The van der Waals surface area contributed by atoms with Crippen molar-refractivity contribution in [1.29, 1.82) is 0 Å². The molecular weight excluding hydrogens is 300 g/mol. The summed E-state index contributed by atoms with van der Waals surface area (Å²) in [7, 11) is 0. The van der Waals surface area contributed by atoms with E-state index in [9.17, 15) is 9.00 Å². The molecule has 2 atom stereocenters. The van der Waals surface area contributed by atoms with Crippen LogP contribution in [0, 0.1) is 0 Å². The standard InChI is InChI=1S/C14H11ClO4S/c15-12-7-5-10(6-8-12)9-1-3-11(4-2-9)13(14(16)17)20(18)19/h1-8,13H,(H,16,17)(H,18,19). The van der Waals surface area contributed by atoms with E-state index in [1.54, 1.807) is 24.3 Å². The summed E-state index contributed by atoms with van der Waals surface area (Å²) in [6.45, 7) is 0. The smallest absolute Gasteiger partial charge is 0.326 e. The highest BCUT2D eigenvalue weighted by Gasteiger charge is 2.25. The number of aliphatic carboxylic acids is 1. The van der Waals surface area contributed by atoms with Gasteiger partial charge in [0.15, 0.2) is 16.3 Å². The van der Waals surface area contributed by atoms with E-state index in [0.29, 0.717) is 5.02 Å². The molecule has 2 rings (SSSR count). The highest BCUT2D eigenvalue weighted by Crippen LogP contribution is 2.25. The van der Waals surface area contributed by atoms with Crippen molar-refractivity contribution in [3.63, 3.8) is 0 Å². The topological polar surface area (TPSA) is 74.6 Å². The molecule has 2 N–H and O–H groups in total. The molecule has 0 radical (unpaired) electrons. The summed E-state index contributed by atoms with van der Waals surface area (Å²) in [5.41, 5.74) is 2.09. The first-order valence-electron chi connectivity index (χ1n) is 5.67. The Morgan fingerprint density at radius 3 is 1.85 bits per heavy atom. The number of halogens is 1. The van der Waals surface area contributed by atoms with Crippen LogP contribution in [0.15, 0.2) is 48.5 Å². The van der Waals surface area contributed by atoms with Gasteiger partial charge in [-0.25, -0.2) is 4.21 Å². The molecule has 0 saturated carbocycles. The normalized spacial score (nSPS) is 13.7. The van der Waals surface area contributed by atoms with Crippen LogP contribution in [0.5, 0.6) is 0 Å². The average Bonchev–Trinajstić information content (AvgIpc) is 2.40. The van der Waals surface area contributed by atoms with Crippen LogP contribution in [0.25, 0.3) is 11.1 Å². The highest BCUT2D eigenvalue weighted by molar-refractivity contribution is 7.80. The van der Waals surface area contributed by atoms with Crippen molar-refractivity contribution in [2.45, 2.75) is 5.25 Å². The molecule has 0 heterocycles. The van der Waals surface area contributed by atoms with Gasteiger partial charge >= 0.3 is 5.97 Å².